The van der Waals surface area contributed by atoms with Crippen molar-refractivity contribution in [3.05, 3.63) is 48.5 Å². The van der Waals surface area contributed by atoms with Crippen molar-refractivity contribution in [3.8, 4) is 11.5 Å². The molecule has 2 aromatic rings. The molecule has 0 unspecified atom stereocenters. The van der Waals surface area contributed by atoms with Crippen LogP contribution in [-0.4, -0.2) is 25.7 Å². The molecule has 2 aromatic carbocycles. The zero-order chi connectivity index (χ0) is 18.8. The Hall–Kier alpha value is -2.69. The predicted octanol–water partition coefficient (Wildman–Crippen LogP) is 4.56. The zero-order valence-electron chi connectivity index (χ0n) is 15.7. The largest absolute Gasteiger partial charge is 0.494 e. The molecular formula is C21H28N2O3. The van der Waals surface area contributed by atoms with Crippen LogP contribution < -0.4 is 20.1 Å². The van der Waals surface area contributed by atoms with Crippen LogP contribution in [0.2, 0.25) is 0 Å². The first kappa shape index (κ1) is 19.6. The molecule has 2 N–H and O–H groups in total. The number of rotatable bonds is 10. The van der Waals surface area contributed by atoms with Crippen LogP contribution >= 0.6 is 0 Å². The predicted molar refractivity (Wildman–Crippen MR) is 106 cm³/mol. The van der Waals surface area contributed by atoms with E-state index in [9.17, 15) is 4.79 Å². The Balaban J connectivity index is 1.79. The van der Waals surface area contributed by atoms with Crippen molar-refractivity contribution in [3.63, 3.8) is 0 Å². The molecule has 26 heavy (non-hydrogen) atoms. The Morgan fingerprint density at radius 2 is 1.77 bits per heavy atom. The average molecular weight is 356 g/mol. The summed E-state index contributed by atoms with van der Waals surface area (Å²) in [5, 5.41) is 5.97. The first-order valence-corrected chi connectivity index (χ1v) is 9.06. The lowest BCUT2D eigenvalue weighted by Crippen LogP contribution is -2.21. The minimum Gasteiger partial charge on any atom is -0.494 e. The number of amides is 1. The van der Waals surface area contributed by atoms with Crippen LogP contribution in [-0.2, 0) is 4.79 Å². The SMILES string of the molecule is CCCOc1cccc(NC(=O)CNc2ccc(OCC(C)C)cc2)c1. The fourth-order valence-corrected chi connectivity index (χ4v) is 2.20. The van der Waals surface area contributed by atoms with Gasteiger partial charge in [-0.25, -0.2) is 0 Å². The smallest absolute Gasteiger partial charge is 0.243 e. The molecule has 0 aliphatic carbocycles. The van der Waals surface area contributed by atoms with Gasteiger partial charge in [-0.05, 0) is 48.7 Å². The van der Waals surface area contributed by atoms with Gasteiger partial charge in [-0.1, -0.05) is 26.8 Å². The monoisotopic (exact) mass is 356 g/mol. The quantitative estimate of drug-likeness (QED) is 0.655. The molecule has 5 nitrogen and oxygen atoms in total. The summed E-state index contributed by atoms with van der Waals surface area (Å²) in [7, 11) is 0. The lowest BCUT2D eigenvalue weighted by Gasteiger charge is -2.11. The summed E-state index contributed by atoms with van der Waals surface area (Å²) in [5.74, 6) is 1.97. The maximum Gasteiger partial charge on any atom is 0.243 e. The molecule has 0 bridgehead atoms. The van der Waals surface area contributed by atoms with Crippen LogP contribution in [0.15, 0.2) is 48.5 Å². The normalized spacial score (nSPS) is 10.5. The lowest BCUT2D eigenvalue weighted by atomic mass is 10.2. The first-order chi connectivity index (χ1) is 12.6. The molecule has 5 heteroatoms. The molecule has 0 aromatic heterocycles. The topological polar surface area (TPSA) is 59.6 Å². The summed E-state index contributed by atoms with van der Waals surface area (Å²) in [6.45, 7) is 7.82. The molecule has 0 radical (unpaired) electrons. The number of hydrogen-bond donors (Lipinski definition) is 2. The highest BCUT2D eigenvalue weighted by molar-refractivity contribution is 5.93. The Bertz CT molecular complexity index is 684. The number of hydrogen-bond acceptors (Lipinski definition) is 4. The van der Waals surface area contributed by atoms with Gasteiger partial charge < -0.3 is 20.1 Å². The highest BCUT2D eigenvalue weighted by Gasteiger charge is 2.04. The fourth-order valence-electron chi connectivity index (χ4n) is 2.20. The van der Waals surface area contributed by atoms with Crippen LogP contribution in [0.1, 0.15) is 27.2 Å². The standard InChI is InChI=1S/C21H28N2O3/c1-4-12-25-20-7-5-6-18(13-20)23-21(24)14-22-17-8-10-19(11-9-17)26-15-16(2)3/h5-11,13,16,22H,4,12,14-15H2,1-3H3,(H,23,24). The van der Waals surface area contributed by atoms with Crippen LogP contribution in [0.3, 0.4) is 0 Å². The zero-order valence-corrected chi connectivity index (χ0v) is 15.7. The van der Waals surface area contributed by atoms with Gasteiger partial charge in [0.15, 0.2) is 0 Å². The molecule has 0 saturated carbocycles. The van der Waals surface area contributed by atoms with Crippen LogP contribution in [0, 0.1) is 5.92 Å². The molecule has 0 aliphatic heterocycles. The second-order valence-electron chi connectivity index (χ2n) is 6.51. The van der Waals surface area contributed by atoms with E-state index in [1.165, 1.54) is 0 Å². The van der Waals surface area contributed by atoms with E-state index in [0.29, 0.717) is 19.1 Å². The van der Waals surface area contributed by atoms with Gasteiger partial charge in [-0.15, -0.1) is 0 Å². The molecule has 2 rings (SSSR count). The summed E-state index contributed by atoms with van der Waals surface area (Å²) < 4.78 is 11.2. The lowest BCUT2D eigenvalue weighted by molar-refractivity contribution is -0.114. The fraction of sp³-hybridized carbons (Fsp3) is 0.381. The third kappa shape index (κ3) is 7.05. The summed E-state index contributed by atoms with van der Waals surface area (Å²) in [6.07, 6.45) is 0.946. The van der Waals surface area contributed by atoms with Gasteiger partial charge in [-0.3, -0.25) is 4.79 Å². The van der Waals surface area contributed by atoms with E-state index >= 15 is 0 Å². The third-order valence-electron chi connectivity index (χ3n) is 3.48. The Labute approximate surface area is 155 Å². The molecule has 0 fully saturated rings. The van der Waals surface area contributed by atoms with Gasteiger partial charge in [0.2, 0.25) is 5.91 Å². The van der Waals surface area contributed by atoms with Crippen LogP contribution in [0.4, 0.5) is 11.4 Å². The van der Waals surface area contributed by atoms with Crippen molar-refractivity contribution in [2.75, 3.05) is 30.4 Å². The summed E-state index contributed by atoms with van der Waals surface area (Å²) in [6, 6.07) is 15.0. The highest BCUT2D eigenvalue weighted by atomic mass is 16.5. The number of ether oxygens (including phenoxy) is 2. The van der Waals surface area contributed by atoms with Crippen molar-refractivity contribution in [1.29, 1.82) is 0 Å². The molecular weight excluding hydrogens is 328 g/mol. The summed E-state index contributed by atoms with van der Waals surface area (Å²) >= 11 is 0. The molecule has 0 saturated heterocycles. The summed E-state index contributed by atoms with van der Waals surface area (Å²) in [4.78, 5) is 12.1. The van der Waals surface area contributed by atoms with E-state index in [2.05, 4.69) is 31.4 Å². The Morgan fingerprint density at radius 3 is 2.46 bits per heavy atom. The number of benzene rings is 2. The van der Waals surface area contributed by atoms with Crippen LogP contribution in [0.25, 0.3) is 0 Å². The third-order valence-corrected chi connectivity index (χ3v) is 3.48. The van der Waals surface area contributed by atoms with E-state index < -0.39 is 0 Å². The van der Waals surface area contributed by atoms with E-state index in [4.69, 9.17) is 9.47 Å². The highest BCUT2D eigenvalue weighted by Crippen LogP contribution is 2.18. The second kappa shape index (κ2) is 10.3. The minimum atomic E-state index is -0.113. The van der Waals surface area contributed by atoms with Crippen LogP contribution in [0.5, 0.6) is 11.5 Å². The Kier molecular flexibility index (Phi) is 7.80. The van der Waals surface area contributed by atoms with E-state index in [-0.39, 0.29) is 12.5 Å². The number of carbonyl (C=O) groups is 1. The molecule has 0 atom stereocenters. The Morgan fingerprint density at radius 1 is 1.00 bits per heavy atom. The van der Waals surface area contributed by atoms with Crippen molar-refractivity contribution in [1.82, 2.24) is 0 Å². The first-order valence-electron chi connectivity index (χ1n) is 9.06. The molecule has 1 amide bonds. The number of nitrogens with one attached hydrogen (secondary N) is 2. The van der Waals surface area contributed by atoms with E-state index in [1.54, 1.807) is 0 Å². The van der Waals surface area contributed by atoms with Crippen molar-refractivity contribution >= 4 is 17.3 Å². The van der Waals surface area contributed by atoms with Gasteiger partial charge in [0.1, 0.15) is 11.5 Å². The van der Waals surface area contributed by atoms with Crippen molar-refractivity contribution in [2.45, 2.75) is 27.2 Å². The van der Waals surface area contributed by atoms with Gasteiger partial charge in [0, 0.05) is 17.4 Å². The summed E-state index contributed by atoms with van der Waals surface area (Å²) in [5.41, 5.74) is 1.60. The van der Waals surface area contributed by atoms with Gasteiger partial charge in [0.25, 0.3) is 0 Å². The van der Waals surface area contributed by atoms with Gasteiger partial charge >= 0.3 is 0 Å². The molecule has 0 aliphatic rings. The average Bonchev–Trinajstić information content (AvgIpc) is 2.64. The van der Waals surface area contributed by atoms with Gasteiger partial charge in [-0.2, -0.15) is 0 Å². The number of carbonyl (C=O) groups excluding carboxylic acids is 1. The maximum atomic E-state index is 12.1. The van der Waals surface area contributed by atoms with E-state index in [1.807, 2.05) is 48.5 Å². The molecule has 140 valence electrons. The molecule has 0 spiro atoms. The molecule has 0 heterocycles. The van der Waals surface area contributed by atoms with Crippen molar-refractivity contribution < 1.29 is 14.3 Å². The van der Waals surface area contributed by atoms with Crippen molar-refractivity contribution in [2.24, 2.45) is 5.92 Å². The number of anilines is 2. The van der Waals surface area contributed by atoms with Gasteiger partial charge in [0.05, 0.1) is 19.8 Å². The minimum absolute atomic E-state index is 0.113. The van der Waals surface area contributed by atoms with E-state index in [0.717, 1.165) is 29.3 Å². The maximum absolute atomic E-state index is 12.1. The second-order valence-corrected chi connectivity index (χ2v) is 6.51.